The van der Waals surface area contributed by atoms with E-state index < -0.39 is 0 Å². The largest absolute Gasteiger partial charge is 0.496 e. The molecule has 3 nitrogen and oxygen atoms in total. The van der Waals surface area contributed by atoms with Crippen molar-refractivity contribution in [2.24, 2.45) is 0 Å². The van der Waals surface area contributed by atoms with Gasteiger partial charge in [-0.1, -0.05) is 34.1 Å². The fourth-order valence-corrected chi connectivity index (χ4v) is 2.93. The fourth-order valence-electron chi connectivity index (χ4n) is 2.38. The fraction of sp³-hybridized carbons (Fsp3) is 0.294. The molecule has 0 heterocycles. The molecule has 0 aromatic heterocycles. The maximum atomic E-state index is 5.48. The van der Waals surface area contributed by atoms with Gasteiger partial charge < -0.3 is 14.8 Å². The Kier molecular flexibility index (Phi) is 5.12. The normalized spacial score (nSPS) is 11.9. The lowest BCUT2D eigenvalue weighted by Gasteiger charge is -2.21. The molecular formula is C17H20BrNO2. The molecule has 0 amide bonds. The zero-order valence-electron chi connectivity index (χ0n) is 12.7. The summed E-state index contributed by atoms with van der Waals surface area (Å²) >= 11 is 3.49. The molecule has 21 heavy (non-hydrogen) atoms. The van der Waals surface area contributed by atoms with Gasteiger partial charge in [0.1, 0.15) is 11.5 Å². The third-order valence-electron chi connectivity index (χ3n) is 3.45. The number of nitrogens with one attached hydrogen (secondary N) is 1. The van der Waals surface area contributed by atoms with Crippen LogP contribution < -0.4 is 14.8 Å². The minimum atomic E-state index is 0.106. The Balaban J connectivity index is 2.33. The number of halogens is 1. The third kappa shape index (κ3) is 3.50. The lowest BCUT2D eigenvalue weighted by molar-refractivity contribution is 0.407. The molecule has 0 aliphatic heterocycles. The van der Waals surface area contributed by atoms with Crippen LogP contribution in [0.4, 0.5) is 5.69 Å². The highest BCUT2D eigenvalue weighted by molar-refractivity contribution is 9.10. The van der Waals surface area contributed by atoms with Crippen LogP contribution in [0.5, 0.6) is 11.5 Å². The first-order chi connectivity index (χ1) is 10.1. The Bertz CT molecular complexity index is 628. The van der Waals surface area contributed by atoms with E-state index in [1.165, 1.54) is 0 Å². The van der Waals surface area contributed by atoms with Gasteiger partial charge in [-0.05, 0) is 37.6 Å². The Hall–Kier alpha value is -1.68. The van der Waals surface area contributed by atoms with Crippen LogP contribution in [0.1, 0.15) is 24.1 Å². The van der Waals surface area contributed by atoms with E-state index in [0.29, 0.717) is 0 Å². The monoisotopic (exact) mass is 349 g/mol. The quantitative estimate of drug-likeness (QED) is 0.828. The summed E-state index contributed by atoms with van der Waals surface area (Å²) in [6.07, 6.45) is 0. The van der Waals surface area contributed by atoms with E-state index in [1.807, 2.05) is 24.3 Å². The van der Waals surface area contributed by atoms with Crippen molar-refractivity contribution in [3.63, 3.8) is 0 Å². The molecule has 0 fully saturated rings. The molecule has 0 saturated heterocycles. The number of anilines is 1. The molecule has 4 heteroatoms. The number of ether oxygens (including phenoxy) is 2. The lowest BCUT2D eigenvalue weighted by atomic mass is 10.1. The summed E-state index contributed by atoms with van der Waals surface area (Å²) in [5, 5.41) is 3.52. The van der Waals surface area contributed by atoms with Crippen LogP contribution in [-0.2, 0) is 0 Å². The van der Waals surface area contributed by atoms with Gasteiger partial charge in [-0.2, -0.15) is 0 Å². The van der Waals surface area contributed by atoms with Gasteiger partial charge in [-0.15, -0.1) is 0 Å². The van der Waals surface area contributed by atoms with Gasteiger partial charge in [-0.25, -0.2) is 0 Å². The molecule has 2 rings (SSSR count). The number of methoxy groups -OCH3 is 2. The van der Waals surface area contributed by atoms with Gasteiger partial charge in [0.15, 0.2) is 0 Å². The predicted octanol–water partition coefficient (Wildman–Crippen LogP) is 4.95. The lowest BCUT2D eigenvalue weighted by Crippen LogP contribution is -2.10. The Morgan fingerprint density at radius 2 is 1.71 bits per heavy atom. The average molecular weight is 350 g/mol. The number of aryl methyl sites for hydroxylation is 1. The minimum Gasteiger partial charge on any atom is -0.496 e. The van der Waals surface area contributed by atoms with Crippen molar-refractivity contribution in [3.05, 3.63) is 52.0 Å². The average Bonchev–Trinajstić information content (AvgIpc) is 2.49. The first-order valence-corrected chi connectivity index (χ1v) is 7.59. The first kappa shape index (κ1) is 15.7. The molecule has 1 atom stereocenters. The van der Waals surface area contributed by atoms with Crippen molar-refractivity contribution in [1.82, 2.24) is 0 Å². The van der Waals surface area contributed by atoms with Crippen molar-refractivity contribution in [2.75, 3.05) is 19.5 Å². The molecule has 0 aliphatic rings. The summed E-state index contributed by atoms with van der Waals surface area (Å²) in [5.74, 6) is 1.70. The summed E-state index contributed by atoms with van der Waals surface area (Å²) in [6.45, 7) is 4.17. The van der Waals surface area contributed by atoms with E-state index in [4.69, 9.17) is 9.47 Å². The van der Waals surface area contributed by atoms with Crippen molar-refractivity contribution in [1.29, 1.82) is 0 Å². The molecule has 2 aromatic carbocycles. The van der Waals surface area contributed by atoms with Crippen molar-refractivity contribution >= 4 is 21.6 Å². The molecule has 1 unspecified atom stereocenters. The Morgan fingerprint density at radius 1 is 1.05 bits per heavy atom. The van der Waals surface area contributed by atoms with Crippen LogP contribution in [0.25, 0.3) is 0 Å². The van der Waals surface area contributed by atoms with E-state index >= 15 is 0 Å². The van der Waals surface area contributed by atoms with E-state index in [2.05, 4.69) is 47.2 Å². The Morgan fingerprint density at radius 3 is 2.38 bits per heavy atom. The second kappa shape index (κ2) is 6.85. The van der Waals surface area contributed by atoms with E-state index in [-0.39, 0.29) is 6.04 Å². The molecular weight excluding hydrogens is 330 g/mol. The van der Waals surface area contributed by atoms with Gasteiger partial charge in [0.2, 0.25) is 0 Å². The molecule has 1 N–H and O–H groups in total. The molecule has 0 bridgehead atoms. The van der Waals surface area contributed by atoms with Crippen molar-refractivity contribution in [2.45, 2.75) is 19.9 Å². The predicted molar refractivity (Wildman–Crippen MR) is 90.5 cm³/mol. The van der Waals surface area contributed by atoms with Crippen molar-refractivity contribution < 1.29 is 9.47 Å². The van der Waals surface area contributed by atoms with Gasteiger partial charge in [0, 0.05) is 10.0 Å². The van der Waals surface area contributed by atoms with Crippen LogP contribution in [0.15, 0.2) is 40.9 Å². The smallest absolute Gasteiger partial charge is 0.143 e. The molecule has 0 saturated carbocycles. The van der Waals surface area contributed by atoms with Crippen LogP contribution in [0.2, 0.25) is 0 Å². The summed E-state index contributed by atoms with van der Waals surface area (Å²) < 4.78 is 11.9. The van der Waals surface area contributed by atoms with E-state index in [1.54, 1.807) is 14.2 Å². The second-order valence-electron chi connectivity index (χ2n) is 4.91. The highest BCUT2D eigenvalue weighted by Gasteiger charge is 2.15. The maximum Gasteiger partial charge on any atom is 0.143 e. The molecule has 112 valence electrons. The number of rotatable bonds is 5. The van der Waals surface area contributed by atoms with Crippen LogP contribution in [-0.4, -0.2) is 14.2 Å². The minimum absolute atomic E-state index is 0.106. The summed E-state index contributed by atoms with van der Waals surface area (Å²) in [7, 11) is 3.37. The highest BCUT2D eigenvalue weighted by atomic mass is 79.9. The summed E-state index contributed by atoms with van der Waals surface area (Å²) in [6, 6.07) is 12.2. The SMILES string of the molecule is COc1ccccc1C(C)Nc1c(C)cc(Br)cc1OC. The van der Waals surface area contributed by atoms with Gasteiger partial charge in [0.25, 0.3) is 0 Å². The van der Waals surface area contributed by atoms with Gasteiger partial charge in [0.05, 0.1) is 25.9 Å². The second-order valence-corrected chi connectivity index (χ2v) is 5.82. The van der Waals surface area contributed by atoms with E-state index in [9.17, 15) is 0 Å². The number of hydrogen-bond donors (Lipinski definition) is 1. The van der Waals surface area contributed by atoms with Crippen molar-refractivity contribution in [3.8, 4) is 11.5 Å². The number of para-hydroxylation sites is 1. The molecule has 0 aliphatic carbocycles. The molecule has 0 radical (unpaired) electrons. The molecule has 0 spiro atoms. The maximum absolute atomic E-state index is 5.48. The van der Waals surface area contributed by atoms with Crippen LogP contribution in [0, 0.1) is 6.92 Å². The van der Waals surface area contributed by atoms with Gasteiger partial charge in [-0.3, -0.25) is 0 Å². The first-order valence-electron chi connectivity index (χ1n) is 6.80. The third-order valence-corrected chi connectivity index (χ3v) is 3.91. The standard InChI is InChI=1S/C17H20BrNO2/c1-11-9-13(18)10-16(21-4)17(11)19-12(2)14-7-5-6-8-15(14)20-3/h5-10,12,19H,1-4H3. The summed E-state index contributed by atoms with van der Waals surface area (Å²) in [5.41, 5.74) is 3.24. The van der Waals surface area contributed by atoms with E-state index in [0.717, 1.165) is 32.8 Å². The molecule has 2 aromatic rings. The highest BCUT2D eigenvalue weighted by Crippen LogP contribution is 2.36. The summed E-state index contributed by atoms with van der Waals surface area (Å²) in [4.78, 5) is 0. The zero-order valence-corrected chi connectivity index (χ0v) is 14.3. The van der Waals surface area contributed by atoms with Crippen LogP contribution in [0.3, 0.4) is 0 Å². The topological polar surface area (TPSA) is 30.5 Å². The van der Waals surface area contributed by atoms with Crippen LogP contribution >= 0.6 is 15.9 Å². The zero-order chi connectivity index (χ0) is 15.4. The number of benzene rings is 2. The number of hydrogen-bond acceptors (Lipinski definition) is 3. The van der Waals surface area contributed by atoms with Gasteiger partial charge >= 0.3 is 0 Å². The Labute approximate surface area is 134 Å².